The van der Waals surface area contributed by atoms with E-state index in [9.17, 15) is 0 Å². The van der Waals surface area contributed by atoms with Gasteiger partial charge in [-0.15, -0.1) is 0 Å². The van der Waals surface area contributed by atoms with Crippen molar-refractivity contribution in [1.29, 1.82) is 5.26 Å². The minimum absolute atomic E-state index is 0.185. The van der Waals surface area contributed by atoms with Crippen molar-refractivity contribution in [3.05, 3.63) is 40.2 Å². The molecule has 1 aromatic carbocycles. The number of nitrogens with zero attached hydrogens (tertiary/aromatic N) is 3. The van der Waals surface area contributed by atoms with Crippen molar-refractivity contribution in [2.24, 2.45) is 0 Å². The van der Waals surface area contributed by atoms with Crippen LogP contribution < -0.4 is 4.74 Å². The number of halogens is 1. The predicted molar refractivity (Wildman–Crippen MR) is 59.5 cm³/mol. The number of rotatable bonds is 3. The van der Waals surface area contributed by atoms with Crippen LogP contribution in [0.3, 0.4) is 0 Å². The van der Waals surface area contributed by atoms with E-state index >= 15 is 0 Å². The average molecular weight is 250 g/mol. The van der Waals surface area contributed by atoms with Gasteiger partial charge in [0.25, 0.3) is 0 Å². The van der Waals surface area contributed by atoms with Gasteiger partial charge in [0.15, 0.2) is 0 Å². The van der Waals surface area contributed by atoms with Gasteiger partial charge in [-0.05, 0) is 19.1 Å². The van der Waals surface area contributed by atoms with Crippen LogP contribution in [0.4, 0.5) is 0 Å². The van der Waals surface area contributed by atoms with E-state index in [1.165, 1.54) is 0 Å². The van der Waals surface area contributed by atoms with Gasteiger partial charge in [0, 0.05) is 0 Å². The second-order valence-electron chi connectivity index (χ2n) is 3.31. The van der Waals surface area contributed by atoms with Crippen LogP contribution in [-0.2, 0) is 6.61 Å². The first-order valence-electron chi connectivity index (χ1n) is 4.82. The Balaban J connectivity index is 2.18. The lowest BCUT2D eigenvalue weighted by Crippen LogP contribution is -1.99. The van der Waals surface area contributed by atoms with Crippen LogP contribution in [0.5, 0.6) is 5.75 Å². The van der Waals surface area contributed by atoms with Crippen LogP contribution in [-0.4, -0.2) is 10.3 Å². The number of benzene rings is 1. The maximum Gasteiger partial charge on any atom is 0.145 e. The predicted octanol–water partition coefficient (Wildman–Crippen LogP) is 2.48. The molecule has 2 aromatic rings. The number of hydrogen-bond acceptors (Lipinski definition) is 5. The third-order valence-electron chi connectivity index (χ3n) is 2.20. The smallest absolute Gasteiger partial charge is 0.145 e. The molecule has 0 radical (unpaired) electrons. The van der Waals surface area contributed by atoms with Crippen molar-refractivity contribution in [1.82, 2.24) is 10.3 Å². The number of ether oxygens (including phenoxy) is 1. The van der Waals surface area contributed by atoms with Crippen molar-refractivity contribution in [3.8, 4) is 11.8 Å². The van der Waals surface area contributed by atoms with E-state index in [2.05, 4.69) is 14.9 Å². The van der Waals surface area contributed by atoms with Gasteiger partial charge >= 0.3 is 0 Å². The second-order valence-corrected chi connectivity index (χ2v) is 3.72. The lowest BCUT2D eigenvalue weighted by molar-refractivity contribution is 0.269. The van der Waals surface area contributed by atoms with Gasteiger partial charge in [-0.25, -0.2) is 4.63 Å². The maximum absolute atomic E-state index is 8.95. The van der Waals surface area contributed by atoms with E-state index in [-0.39, 0.29) is 6.61 Å². The van der Waals surface area contributed by atoms with E-state index < -0.39 is 0 Å². The Kier molecular flexibility index (Phi) is 3.26. The molecule has 0 spiro atoms. The molecular formula is C11H8ClN3O2. The Labute approximate surface area is 103 Å². The number of aryl methyl sites for hydroxylation is 1. The van der Waals surface area contributed by atoms with E-state index in [0.29, 0.717) is 27.7 Å². The summed E-state index contributed by atoms with van der Waals surface area (Å²) < 4.78 is 10.0. The molecule has 0 fully saturated rings. The summed E-state index contributed by atoms with van der Waals surface area (Å²) in [7, 11) is 0. The minimum atomic E-state index is 0.185. The molecule has 0 atom stereocenters. The van der Waals surface area contributed by atoms with Gasteiger partial charge in [-0.1, -0.05) is 28.0 Å². The topological polar surface area (TPSA) is 71.9 Å². The Morgan fingerprint density at radius 3 is 2.94 bits per heavy atom. The summed E-state index contributed by atoms with van der Waals surface area (Å²) in [4.78, 5) is 0. The quantitative estimate of drug-likeness (QED) is 0.836. The van der Waals surface area contributed by atoms with Crippen molar-refractivity contribution in [2.45, 2.75) is 13.5 Å². The van der Waals surface area contributed by atoms with Gasteiger partial charge in [0.2, 0.25) is 0 Å². The normalized spacial score (nSPS) is 9.94. The fourth-order valence-electron chi connectivity index (χ4n) is 1.26. The Morgan fingerprint density at radius 1 is 1.47 bits per heavy atom. The standard InChI is InChI=1S/C11H8ClN3O2/c1-7-10(15-17-14-7)6-16-11-4-2-3-9(12)8(11)5-13/h2-4H,6H2,1H3. The zero-order valence-electron chi connectivity index (χ0n) is 8.98. The molecule has 0 aliphatic carbocycles. The fourth-order valence-corrected chi connectivity index (χ4v) is 1.47. The summed E-state index contributed by atoms with van der Waals surface area (Å²) in [5, 5.41) is 16.6. The van der Waals surface area contributed by atoms with Crippen LogP contribution in [0.25, 0.3) is 0 Å². The molecule has 0 saturated carbocycles. The lowest BCUT2D eigenvalue weighted by Gasteiger charge is -2.06. The van der Waals surface area contributed by atoms with Crippen molar-refractivity contribution < 1.29 is 9.37 Å². The highest BCUT2D eigenvalue weighted by molar-refractivity contribution is 6.31. The van der Waals surface area contributed by atoms with Gasteiger partial charge in [0.1, 0.15) is 35.4 Å². The van der Waals surface area contributed by atoms with Crippen LogP contribution in [0, 0.1) is 18.3 Å². The van der Waals surface area contributed by atoms with Crippen molar-refractivity contribution in [2.75, 3.05) is 0 Å². The summed E-state index contributed by atoms with van der Waals surface area (Å²) in [5.41, 5.74) is 1.56. The van der Waals surface area contributed by atoms with Crippen LogP contribution in [0.1, 0.15) is 17.0 Å². The molecule has 6 heteroatoms. The number of aromatic nitrogens is 2. The summed E-state index contributed by atoms with van der Waals surface area (Å²) in [6.07, 6.45) is 0. The van der Waals surface area contributed by atoms with E-state index in [0.717, 1.165) is 0 Å². The summed E-state index contributed by atoms with van der Waals surface area (Å²) >= 11 is 5.87. The SMILES string of the molecule is Cc1nonc1COc1cccc(Cl)c1C#N. The molecule has 86 valence electrons. The van der Waals surface area contributed by atoms with E-state index in [4.69, 9.17) is 21.6 Å². The lowest BCUT2D eigenvalue weighted by atomic mass is 10.2. The first-order valence-corrected chi connectivity index (χ1v) is 5.19. The highest BCUT2D eigenvalue weighted by atomic mass is 35.5. The molecule has 5 nitrogen and oxygen atoms in total. The van der Waals surface area contributed by atoms with Crippen LogP contribution in [0.15, 0.2) is 22.8 Å². The molecule has 1 heterocycles. The monoisotopic (exact) mass is 249 g/mol. The Morgan fingerprint density at radius 2 is 2.29 bits per heavy atom. The maximum atomic E-state index is 8.95. The second kappa shape index (κ2) is 4.85. The molecule has 0 aliphatic rings. The molecule has 2 rings (SSSR count). The highest BCUT2D eigenvalue weighted by Crippen LogP contribution is 2.26. The molecule has 0 amide bonds. The highest BCUT2D eigenvalue weighted by Gasteiger charge is 2.10. The minimum Gasteiger partial charge on any atom is -0.486 e. The van der Waals surface area contributed by atoms with Crippen LogP contribution >= 0.6 is 11.6 Å². The largest absolute Gasteiger partial charge is 0.486 e. The summed E-state index contributed by atoms with van der Waals surface area (Å²) in [5.74, 6) is 0.419. The average Bonchev–Trinajstić information content (AvgIpc) is 2.72. The Hall–Kier alpha value is -2.06. The first kappa shape index (κ1) is 11.4. The van der Waals surface area contributed by atoms with Gasteiger partial charge < -0.3 is 4.74 Å². The third kappa shape index (κ3) is 2.37. The molecular weight excluding hydrogens is 242 g/mol. The van der Waals surface area contributed by atoms with Crippen LogP contribution in [0.2, 0.25) is 5.02 Å². The van der Waals surface area contributed by atoms with Crippen molar-refractivity contribution >= 4 is 11.6 Å². The molecule has 0 N–H and O–H groups in total. The first-order chi connectivity index (χ1) is 8.22. The molecule has 17 heavy (non-hydrogen) atoms. The number of hydrogen-bond donors (Lipinski definition) is 0. The summed E-state index contributed by atoms with van der Waals surface area (Å²) in [6, 6.07) is 7.02. The van der Waals surface area contributed by atoms with Gasteiger partial charge in [-0.3, -0.25) is 0 Å². The zero-order valence-corrected chi connectivity index (χ0v) is 9.73. The van der Waals surface area contributed by atoms with Gasteiger partial charge in [0.05, 0.1) is 5.02 Å². The number of nitriles is 1. The molecule has 0 aliphatic heterocycles. The molecule has 1 aromatic heterocycles. The zero-order chi connectivity index (χ0) is 12.3. The molecule has 0 bridgehead atoms. The van der Waals surface area contributed by atoms with E-state index in [1.807, 2.05) is 6.07 Å². The third-order valence-corrected chi connectivity index (χ3v) is 2.51. The Bertz CT molecular complexity index is 574. The van der Waals surface area contributed by atoms with Crippen molar-refractivity contribution in [3.63, 3.8) is 0 Å². The fraction of sp³-hybridized carbons (Fsp3) is 0.182. The summed E-state index contributed by atoms with van der Waals surface area (Å²) in [6.45, 7) is 1.95. The van der Waals surface area contributed by atoms with E-state index in [1.54, 1.807) is 25.1 Å². The molecule has 0 unspecified atom stereocenters. The van der Waals surface area contributed by atoms with Gasteiger partial charge in [-0.2, -0.15) is 5.26 Å². The molecule has 0 saturated heterocycles.